The summed E-state index contributed by atoms with van der Waals surface area (Å²) in [5.41, 5.74) is -0.165. The fourth-order valence-electron chi connectivity index (χ4n) is 2.12. The monoisotopic (exact) mass is 322 g/mol. The molecule has 0 aromatic heterocycles. The maximum absolute atomic E-state index is 13.7. The summed E-state index contributed by atoms with van der Waals surface area (Å²) in [6, 6.07) is 4.14. The molecule has 0 saturated carbocycles. The van der Waals surface area contributed by atoms with Crippen LogP contribution in [0, 0.1) is 11.7 Å². The Kier molecular flexibility index (Phi) is 4.85. The molecule has 5 nitrogen and oxygen atoms in total. The molecule has 8 heteroatoms. The molecule has 112 valence electrons. The number of aliphatic hydroxyl groups is 1. The van der Waals surface area contributed by atoms with Gasteiger partial charge in [0.2, 0.25) is 0 Å². The molecule has 1 fully saturated rings. The molecule has 2 rings (SSSR count). The van der Waals surface area contributed by atoms with Crippen LogP contribution in [-0.2, 0) is 10.2 Å². The van der Waals surface area contributed by atoms with Crippen molar-refractivity contribution in [3.05, 3.63) is 29.0 Å². The van der Waals surface area contributed by atoms with Crippen molar-refractivity contribution in [3.63, 3.8) is 0 Å². The van der Waals surface area contributed by atoms with Crippen LogP contribution < -0.4 is 4.72 Å². The number of hydrogen-bond donors (Lipinski definition) is 2. The Morgan fingerprint density at radius 1 is 1.40 bits per heavy atom. The summed E-state index contributed by atoms with van der Waals surface area (Å²) in [6.45, 7) is 0.676. The first-order valence-corrected chi connectivity index (χ1v) is 8.08. The Balaban J connectivity index is 2.10. The van der Waals surface area contributed by atoms with Crippen molar-refractivity contribution in [2.75, 3.05) is 24.4 Å². The highest BCUT2D eigenvalue weighted by molar-refractivity contribution is 7.90. The summed E-state index contributed by atoms with van der Waals surface area (Å²) in [6.07, 6.45) is 1.19. The van der Waals surface area contributed by atoms with Gasteiger partial charge in [-0.15, -0.1) is 0 Å². The molecular formula is C12H16ClFN2O3S. The predicted octanol–water partition coefficient (Wildman–Crippen LogP) is 1.84. The van der Waals surface area contributed by atoms with Crippen LogP contribution in [0.4, 0.5) is 10.1 Å². The SMILES string of the molecule is O=S(=O)(Nc1cccc(Cl)c1F)N1CCC(CO)CC1. The Hall–Kier alpha value is -0.890. The molecule has 1 heterocycles. The zero-order valence-electron chi connectivity index (χ0n) is 10.7. The van der Waals surface area contributed by atoms with Crippen molar-refractivity contribution < 1.29 is 17.9 Å². The van der Waals surface area contributed by atoms with Gasteiger partial charge < -0.3 is 5.11 Å². The number of anilines is 1. The molecule has 0 spiro atoms. The minimum atomic E-state index is -3.80. The number of piperidine rings is 1. The third-order valence-corrected chi connectivity index (χ3v) is 5.18. The average Bonchev–Trinajstić information content (AvgIpc) is 2.44. The van der Waals surface area contributed by atoms with Crippen LogP contribution in [0.3, 0.4) is 0 Å². The Bertz CT molecular complexity index is 574. The molecule has 20 heavy (non-hydrogen) atoms. The lowest BCUT2D eigenvalue weighted by Gasteiger charge is -2.30. The van der Waals surface area contributed by atoms with E-state index in [0.717, 1.165) is 0 Å². The van der Waals surface area contributed by atoms with Crippen molar-refractivity contribution in [2.45, 2.75) is 12.8 Å². The van der Waals surface area contributed by atoms with Crippen LogP contribution in [-0.4, -0.2) is 37.5 Å². The molecule has 1 saturated heterocycles. The van der Waals surface area contributed by atoms with Gasteiger partial charge in [0.15, 0.2) is 5.82 Å². The maximum atomic E-state index is 13.7. The van der Waals surface area contributed by atoms with Crippen molar-refractivity contribution >= 4 is 27.5 Å². The van der Waals surface area contributed by atoms with E-state index in [4.69, 9.17) is 16.7 Å². The van der Waals surface area contributed by atoms with E-state index in [-0.39, 0.29) is 23.2 Å². The van der Waals surface area contributed by atoms with Gasteiger partial charge in [-0.3, -0.25) is 4.72 Å². The molecule has 0 unspecified atom stereocenters. The van der Waals surface area contributed by atoms with Gasteiger partial charge >= 0.3 is 10.2 Å². The lowest BCUT2D eigenvalue weighted by Crippen LogP contribution is -2.42. The molecule has 1 aliphatic rings. The molecule has 2 N–H and O–H groups in total. The van der Waals surface area contributed by atoms with Crippen LogP contribution >= 0.6 is 11.6 Å². The minimum Gasteiger partial charge on any atom is -0.396 e. The fraction of sp³-hybridized carbons (Fsp3) is 0.500. The maximum Gasteiger partial charge on any atom is 0.301 e. The zero-order chi connectivity index (χ0) is 14.8. The molecular weight excluding hydrogens is 307 g/mol. The summed E-state index contributed by atoms with van der Waals surface area (Å²) in [7, 11) is -3.80. The number of rotatable bonds is 4. The van der Waals surface area contributed by atoms with Crippen LogP contribution in [0.25, 0.3) is 0 Å². The van der Waals surface area contributed by atoms with Crippen LogP contribution in [0.2, 0.25) is 5.02 Å². The van der Waals surface area contributed by atoms with Gasteiger partial charge in [-0.25, -0.2) is 4.39 Å². The van der Waals surface area contributed by atoms with Crippen LogP contribution in [0.1, 0.15) is 12.8 Å². The van der Waals surface area contributed by atoms with E-state index >= 15 is 0 Å². The number of halogens is 2. The van der Waals surface area contributed by atoms with Crippen LogP contribution in [0.5, 0.6) is 0 Å². The van der Waals surface area contributed by atoms with Gasteiger partial charge in [-0.2, -0.15) is 12.7 Å². The molecule has 1 aromatic carbocycles. The summed E-state index contributed by atoms with van der Waals surface area (Å²) in [5.74, 6) is -0.660. The van der Waals surface area contributed by atoms with Gasteiger partial charge in [0.25, 0.3) is 0 Å². The predicted molar refractivity (Wildman–Crippen MR) is 75.3 cm³/mol. The summed E-state index contributed by atoms with van der Waals surface area (Å²) in [5, 5.41) is 8.90. The summed E-state index contributed by atoms with van der Waals surface area (Å²) < 4.78 is 41.5. The van der Waals surface area contributed by atoms with E-state index in [1.54, 1.807) is 0 Å². The van der Waals surface area contributed by atoms with E-state index in [2.05, 4.69) is 4.72 Å². The van der Waals surface area contributed by atoms with E-state index in [9.17, 15) is 12.8 Å². The van der Waals surface area contributed by atoms with Crippen molar-refractivity contribution in [1.29, 1.82) is 0 Å². The number of hydrogen-bond acceptors (Lipinski definition) is 3. The van der Waals surface area contributed by atoms with Gasteiger partial charge in [-0.1, -0.05) is 17.7 Å². The van der Waals surface area contributed by atoms with E-state index in [0.29, 0.717) is 25.9 Å². The molecule has 0 amide bonds. The number of benzene rings is 1. The summed E-state index contributed by atoms with van der Waals surface area (Å²) >= 11 is 5.62. The fourth-order valence-corrected chi connectivity index (χ4v) is 3.55. The zero-order valence-corrected chi connectivity index (χ0v) is 12.3. The molecule has 0 radical (unpaired) electrons. The van der Waals surface area contributed by atoms with Crippen molar-refractivity contribution in [1.82, 2.24) is 4.31 Å². The molecule has 0 aliphatic carbocycles. The first-order valence-electron chi connectivity index (χ1n) is 6.27. The number of aliphatic hydroxyl groups excluding tert-OH is 1. The Morgan fingerprint density at radius 2 is 2.05 bits per heavy atom. The van der Waals surface area contributed by atoms with E-state index in [1.165, 1.54) is 22.5 Å². The lowest BCUT2D eigenvalue weighted by molar-refractivity contribution is 0.170. The normalized spacial score (nSPS) is 18.1. The second-order valence-corrected chi connectivity index (χ2v) is 6.81. The van der Waals surface area contributed by atoms with Gasteiger partial charge in [0.1, 0.15) is 0 Å². The first-order chi connectivity index (χ1) is 9.44. The van der Waals surface area contributed by atoms with Crippen LogP contribution in [0.15, 0.2) is 18.2 Å². The third kappa shape index (κ3) is 3.41. The van der Waals surface area contributed by atoms with Gasteiger partial charge in [0.05, 0.1) is 10.7 Å². The quantitative estimate of drug-likeness (QED) is 0.888. The number of nitrogens with zero attached hydrogens (tertiary/aromatic N) is 1. The minimum absolute atomic E-state index is 0.0598. The topological polar surface area (TPSA) is 69.6 Å². The third-order valence-electron chi connectivity index (χ3n) is 3.36. The molecule has 0 bridgehead atoms. The highest BCUT2D eigenvalue weighted by Gasteiger charge is 2.28. The van der Waals surface area contributed by atoms with Crippen molar-refractivity contribution in [3.8, 4) is 0 Å². The highest BCUT2D eigenvalue weighted by Crippen LogP contribution is 2.25. The first kappa shape index (κ1) is 15.5. The highest BCUT2D eigenvalue weighted by atomic mass is 35.5. The second-order valence-electron chi connectivity index (χ2n) is 4.73. The molecule has 1 aromatic rings. The molecule has 0 atom stereocenters. The average molecular weight is 323 g/mol. The number of nitrogens with one attached hydrogen (secondary N) is 1. The Morgan fingerprint density at radius 3 is 2.65 bits per heavy atom. The van der Waals surface area contributed by atoms with E-state index < -0.39 is 16.0 Å². The van der Waals surface area contributed by atoms with Gasteiger partial charge in [0, 0.05) is 19.7 Å². The molecule has 1 aliphatic heterocycles. The van der Waals surface area contributed by atoms with Crippen molar-refractivity contribution in [2.24, 2.45) is 5.92 Å². The lowest BCUT2D eigenvalue weighted by atomic mass is 10.00. The van der Waals surface area contributed by atoms with Gasteiger partial charge in [-0.05, 0) is 30.9 Å². The smallest absolute Gasteiger partial charge is 0.301 e. The summed E-state index contributed by atoms with van der Waals surface area (Å²) in [4.78, 5) is 0. The Labute approximate surface area is 122 Å². The standard InChI is InChI=1S/C12H16ClFN2O3S/c13-10-2-1-3-11(12(10)14)15-20(18,19)16-6-4-9(8-17)5-7-16/h1-3,9,15,17H,4-8H2. The van der Waals surface area contributed by atoms with E-state index in [1.807, 2.05) is 0 Å². The largest absolute Gasteiger partial charge is 0.396 e. The second kappa shape index (κ2) is 6.26.